The quantitative estimate of drug-likeness (QED) is 0.204. The first-order valence-corrected chi connectivity index (χ1v) is 14.2. The number of hydrogen-bond acceptors (Lipinski definition) is 4. The third-order valence-corrected chi connectivity index (χ3v) is 7.82. The molecular weight excluding hydrogens is 524 g/mol. The highest BCUT2D eigenvalue weighted by Crippen LogP contribution is 2.35. The Morgan fingerprint density at radius 1 is 0.442 bits per heavy atom. The zero-order valence-corrected chi connectivity index (χ0v) is 23.1. The van der Waals surface area contributed by atoms with Gasteiger partial charge in [-0.05, 0) is 24.5 Å². The molecule has 0 spiro atoms. The normalized spacial score (nSPS) is 12.7. The zero-order valence-electron chi connectivity index (χ0n) is 26.1. The molecule has 3 aromatic heterocycles. The molecule has 0 bridgehead atoms. The fourth-order valence-corrected chi connectivity index (χ4v) is 5.67. The molecule has 0 aliphatic carbocycles. The summed E-state index contributed by atoms with van der Waals surface area (Å²) >= 11 is 0. The number of para-hydroxylation sites is 1. The second-order valence-electron chi connectivity index (χ2n) is 10.5. The molecule has 4 nitrogen and oxygen atoms in total. The topological polar surface area (TPSA) is 51.6 Å². The molecule has 0 aliphatic rings. The molecule has 0 atom stereocenters. The van der Waals surface area contributed by atoms with Gasteiger partial charge < -0.3 is 0 Å². The summed E-state index contributed by atoms with van der Waals surface area (Å²) in [7, 11) is 0. The van der Waals surface area contributed by atoms with Crippen LogP contribution in [0.1, 0.15) is 9.81 Å². The lowest BCUT2D eigenvalue weighted by Crippen LogP contribution is -1.96. The van der Waals surface area contributed by atoms with Crippen molar-refractivity contribution in [1.29, 1.82) is 0 Å². The van der Waals surface area contributed by atoms with Crippen molar-refractivity contribution in [1.82, 2.24) is 19.9 Å². The minimum absolute atomic E-state index is 0.0637. The van der Waals surface area contributed by atoms with Gasteiger partial charge >= 0.3 is 0 Å². The maximum atomic E-state index is 7.83. The molecule has 0 aliphatic heterocycles. The van der Waals surface area contributed by atoms with Crippen LogP contribution in [0.3, 0.4) is 0 Å². The van der Waals surface area contributed by atoms with Crippen LogP contribution >= 0.6 is 0 Å². The van der Waals surface area contributed by atoms with Crippen LogP contribution in [0.4, 0.5) is 0 Å². The van der Waals surface area contributed by atoms with Gasteiger partial charge in [-0.25, -0.2) is 15.0 Å². The Morgan fingerprint density at radius 3 is 1.84 bits per heavy atom. The van der Waals surface area contributed by atoms with Gasteiger partial charge in [-0.15, -0.1) is 0 Å². The lowest BCUT2D eigenvalue weighted by atomic mass is 9.97. The molecule has 8 rings (SSSR count). The number of aryl methyl sites for hydroxylation is 1. The first-order valence-electron chi connectivity index (χ1n) is 15.7. The van der Waals surface area contributed by atoms with E-state index in [4.69, 9.17) is 19.1 Å². The first-order chi connectivity index (χ1) is 22.4. The molecule has 0 saturated heterocycles. The van der Waals surface area contributed by atoms with Crippen LogP contribution < -0.4 is 0 Å². The number of fused-ring (bicyclic) bond motifs is 4. The number of hydrogen-bond donors (Lipinski definition) is 0. The Bertz CT molecular complexity index is 2390. The summed E-state index contributed by atoms with van der Waals surface area (Å²) in [5, 5.41) is 2.74. The molecule has 202 valence electrons. The summed E-state index contributed by atoms with van der Waals surface area (Å²) in [6, 6.07) is 46.1. The second-order valence-corrected chi connectivity index (χ2v) is 10.5. The van der Waals surface area contributed by atoms with E-state index in [9.17, 15) is 0 Å². The average Bonchev–Trinajstić information content (AvgIpc) is 3.11. The molecule has 43 heavy (non-hydrogen) atoms. The maximum Gasteiger partial charge on any atom is 0.160 e. The van der Waals surface area contributed by atoms with Crippen LogP contribution in [0.2, 0.25) is 0 Å². The third-order valence-electron chi connectivity index (χ3n) is 7.82. The van der Waals surface area contributed by atoms with Crippen LogP contribution in [0.15, 0.2) is 140 Å². The lowest BCUT2D eigenvalue weighted by molar-refractivity contribution is 1.23. The van der Waals surface area contributed by atoms with Crippen LogP contribution in [-0.2, 0) is 0 Å². The number of benzene rings is 5. The highest BCUT2D eigenvalue weighted by molar-refractivity contribution is 6.04. The maximum absolute atomic E-state index is 7.83. The monoisotopic (exact) mass is 553 g/mol. The van der Waals surface area contributed by atoms with E-state index in [2.05, 4.69) is 59.6 Å². The number of nitrogens with zero attached hydrogens (tertiary/aromatic N) is 4. The lowest BCUT2D eigenvalue weighted by Gasteiger charge is -2.13. The predicted octanol–water partition coefficient (Wildman–Crippen LogP) is 9.70. The van der Waals surface area contributed by atoms with Gasteiger partial charge in [0.15, 0.2) is 5.82 Å². The summed E-state index contributed by atoms with van der Waals surface area (Å²) in [4.78, 5) is 19.6. The summed E-state index contributed by atoms with van der Waals surface area (Å²) < 4.78 is 23.5. The van der Waals surface area contributed by atoms with Gasteiger partial charge in [-0.3, -0.25) is 4.98 Å². The van der Waals surface area contributed by atoms with Crippen LogP contribution in [0, 0.1) is 6.85 Å². The summed E-state index contributed by atoms with van der Waals surface area (Å²) in [6.45, 7) is -2.29. The summed E-state index contributed by atoms with van der Waals surface area (Å²) in [5.41, 5.74) is 8.87. The van der Waals surface area contributed by atoms with Crippen LogP contribution in [0.25, 0.3) is 77.7 Å². The van der Waals surface area contributed by atoms with Crippen molar-refractivity contribution < 1.29 is 4.11 Å². The summed E-state index contributed by atoms with van der Waals surface area (Å²) in [6.07, 6.45) is 0. The Hall–Kier alpha value is -5.74. The van der Waals surface area contributed by atoms with Gasteiger partial charge in [-0.2, -0.15) is 0 Å². The van der Waals surface area contributed by atoms with Crippen LogP contribution in [-0.4, -0.2) is 19.9 Å². The van der Waals surface area contributed by atoms with Crippen LogP contribution in [0.5, 0.6) is 0 Å². The van der Waals surface area contributed by atoms with E-state index < -0.39 is 6.85 Å². The number of aromatic nitrogens is 4. The number of pyridine rings is 2. The largest absolute Gasteiger partial charge is 0.251 e. The third kappa shape index (κ3) is 4.50. The fourth-order valence-electron chi connectivity index (χ4n) is 5.67. The van der Waals surface area contributed by atoms with Gasteiger partial charge in [0.2, 0.25) is 0 Å². The molecule has 8 aromatic rings. The van der Waals surface area contributed by atoms with E-state index in [1.807, 2.05) is 72.8 Å². The fraction of sp³-hybridized carbons (Fsp3) is 0.0256. The highest BCUT2D eigenvalue weighted by Gasteiger charge is 2.15. The van der Waals surface area contributed by atoms with Gasteiger partial charge in [-0.1, -0.05) is 127 Å². The molecule has 0 radical (unpaired) electrons. The van der Waals surface area contributed by atoms with Crippen molar-refractivity contribution in [2.45, 2.75) is 6.85 Å². The van der Waals surface area contributed by atoms with Gasteiger partial charge in [0.05, 0.1) is 27.9 Å². The Morgan fingerprint density at radius 2 is 1.09 bits per heavy atom. The molecule has 0 N–H and O–H groups in total. The van der Waals surface area contributed by atoms with Crippen molar-refractivity contribution in [3.63, 3.8) is 0 Å². The zero-order chi connectivity index (χ0) is 31.3. The van der Waals surface area contributed by atoms with E-state index in [-0.39, 0.29) is 5.69 Å². The van der Waals surface area contributed by atoms with E-state index in [0.717, 1.165) is 60.9 Å². The molecule has 0 saturated carbocycles. The molecule has 0 fully saturated rings. The van der Waals surface area contributed by atoms with Crippen molar-refractivity contribution in [3.05, 3.63) is 145 Å². The van der Waals surface area contributed by atoms with E-state index >= 15 is 0 Å². The number of rotatable bonds is 4. The highest BCUT2D eigenvalue weighted by atomic mass is 14.9. The van der Waals surface area contributed by atoms with Gasteiger partial charge in [0, 0.05) is 48.2 Å². The molecule has 4 heteroatoms. The van der Waals surface area contributed by atoms with E-state index in [1.54, 1.807) is 12.1 Å². The molecule has 3 heterocycles. The summed E-state index contributed by atoms with van der Waals surface area (Å²) in [5.74, 6) is 0.680. The van der Waals surface area contributed by atoms with Crippen molar-refractivity contribution in [3.8, 4) is 45.0 Å². The standard InChI is InChI=1S/C39H26N4/c1-25-15-16-29-21-22-30-23-24-34(41-37(30)36(29)40-25)27-19-17-26(18-20-27)32-13-8-14-33-35(28-9-4-2-5-10-28)42-39(43-38(32)33)31-11-6-3-7-12-31/h2-24H,1H3/i1D3. The van der Waals surface area contributed by atoms with E-state index in [0.29, 0.717) is 16.9 Å². The Labute approximate surface area is 253 Å². The van der Waals surface area contributed by atoms with Gasteiger partial charge in [0.1, 0.15) is 0 Å². The molecule has 0 amide bonds. The van der Waals surface area contributed by atoms with Gasteiger partial charge in [0.25, 0.3) is 0 Å². The van der Waals surface area contributed by atoms with Crippen molar-refractivity contribution in [2.75, 3.05) is 0 Å². The Kier molecular flexibility index (Phi) is 5.24. The average molecular weight is 554 g/mol. The smallest absolute Gasteiger partial charge is 0.160 e. The second kappa shape index (κ2) is 10.3. The van der Waals surface area contributed by atoms with Crippen molar-refractivity contribution in [2.24, 2.45) is 0 Å². The molecule has 5 aromatic carbocycles. The SMILES string of the molecule is [2H]C([2H])([2H])c1ccc2ccc3ccc(-c4ccc(-c5cccc6c(-c7ccccc7)nc(-c7ccccc7)nc56)cc4)nc3c2n1. The molecule has 0 unspecified atom stereocenters. The van der Waals surface area contributed by atoms with E-state index in [1.165, 1.54) is 0 Å². The minimum Gasteiger partial charge on any atom is -0.251 e. The Balaban J connectivity index is 1.24. The first kappa shape index (κ1) is 21.9. The molecular formula is C39H26N4. The minimum atomic E-state index is -2.29. The van der Waals surface area contributed by atoms with Crippen molar-refractivity contribution >= 4 is 32.7 Å². The predicted molar refractivity (Wildman–Crippen MR) is 177 cm³/mol.